The van der Waals surface area contributed by atoms with Gasteiger partial charge < -0.3 is 57.9 Å². The number of aromatic nitrogens is 2. The third-order valence-corrected chi connectivity index (χ3v) is 11.8. The van der Waals surface area contributed by atoms with E-state index in [1.807, 2.05) is 57.1 Å². The first-order valence-electron chi connectivity index (χ1n) is 23.4. The minimum absolute atomic E-state index is 0.00352. The molecule has 1 aromatic carbocycles. The Morgan fingerprint density at radius 3 is 2.16 bits per heavy atom. The largest absolute Gasteiger partial charge is 0.480 e. The van der Waals surface area contributed by atoms with E-state index in [1.54, 1.807) is 27.0 Å². The molecule has 1 fully saturated rings. The number of carbonyl (C=O) groups is 7. The number of nitrogens with one attached hydrogen (secondary N) is 6. The Balaban J connectivity index is 1.62. The van der Waals surface area contributed by atoms with Gasteiger partial charge >= 0.3 is 5.97 Å². The predicted octanol–water partition coefficient (Wildman–Crippen LogP) is 1.80. The minimum atomic E-state index is -1.25. The van der Waals surface area contributed by atoms with Crippen molar-refractivity contribution in [3.63, 3.8) is 0 Å². The molecule has 1 saturated heterocycles. The van der Waals surface area contributed by atoms with Gasteiger partial charge in [-0.1, -0.05) is 52.8 Å². The molecule has 2 aromatic heterocycles. The van der Waals surface area contributed by atoms with Crippen LogP contribution in [-0.4, -0.2) is 142 Å². The van der Waals surface area contributed by atoms with Crippen LogP contribution in [0.2, 0.25) is 0 Å². The Kier molecular flexibility index (Phi) is 20.3. The summed E-state index contributed by atoms with van der Waals surface area (Å²) in [7, 11) is 3.88. The number of benzene rings is 1. The third-order valence-electron chi connectivity index (χ3n) is 11.8. The van der Waals surface area contributed by atoms with E-state index in [0.717, 1.165) is 23.9 Å². The van der Waals surface area contributed by atoms with E-state index < -0.39 is 83.1 Å². The Hall–Kier alpha value is -6.57. The number of hydrogen-bond donors (Lipinski definition) is 9. The summed E-state index contributed by atoms with van der Waals surface area (Å²) >= 11 is 0. The molecule has 372 valence electrons. The quantitative estimate of drug-likeness (QED) is 0.0334. The van der Waals surface area contributed by atoms with Crippen molar-refractivity contribution in [3.8, 4) is 0 Å². The van der Waals surface area contributed by atoms with E-state index in [4.69, 9.17) is 11.5 Å². The number of nitrogens with zero attached hydrogens (tertiary/aromatic N) is 4. The van der Waals surface area contributed by atoms with Crippen molar-refractivity contribution >= 4 is 58.3 Å². The molecule has 6 atom stereocenters. The smallest absolute Gasteiger partial charge is 0.326 e. The average molecular weight is 945 g/mol. The van der Waals surface area contributed by atoms with Gasteiger partial charge in [0.25, 0.3) is 5.91 Å². The number of rotatable bonds is 25. The summed E-state index contributed by atoms with van der Waals surface area (Å²) < 4.78 is 0. The highest BCUT2D eigenvalue weighted by molar-refractivity contribution is 5.99. The van der Waals surface area contributed by atoms with E-state index in [-0.39, 0.29) is 63.5 Å². The number of aliphatic imine (C=N–C) groups is 1. The number of aromatic amines is 1. The molecule has 3 aromatic rings. The van der Waals surface area contributed by atoms with Gasteiger partial charge in [-0.2, -0.15) is 0 Å². The van der Waals surface area contributed by atoms with Crippen LogP contribution in [0, 0.1) is 11.3 Å². The van der Waals surface area contributed by atoms with Crippen LogP contribution in [0.4, 0.5) is 0 Å². The Morgan fingerprint density at radius 1 is 0.853 bits per heavy atom. The van der Waals surface area contributed by atoms with Crippen LogP contribution < -0.4 is 38.1 Å². The number of fused-ring (bicyclic) bond motifs is 1. The van der Waals surface area contributed by atoms with Gasteiger partial charge in [0.15, 0.2) is 5.96 Å². The van der Waals surface area contributed by atoms with E-state index in [0.29, 0.717) is 24.0 Å². The van der Waals surface area contributed by atoms with Gasteiger partial charge in [-0.3, -0.25) is 38.7 Å². The standard InChI is InChI=1S/C48H72N12O8/c1-29(2)26-37(46(67)68)57-44(65)39(48(3,4)5)58-42(63)36(27-31-28-53-33-15-9-8-14-32(31)33)56-43(64)38-18-13-25-60(38)45(66)35(17-12-21-52-47(49)50)55-41(62)34(16-10-11-24-59(6)7)54-40(61)30-19-22-51-23-20-30/h8-9,14-15,19-20,22-23,28-29,34-39,53H,10-13,16-18,21,24-27H2,1-7H3,(H,54,61)(H,55,62)(H,56,64)(H,57,65)(H,58,63)(H,67,68)(H4,49,50,52)/t34-,35-,36-,37-,38-,39+/m0/s1. The van der Waals surface area contributed by atoms with Gasteiger partial charge in [0, 0.05) is 54.6 Å². The second-order valence-corrected chi connectivity index (χ2v) is 19.2. The fourth-order valence-corrected chi connectivity index (χ4v) is 8.19. The van der Waals surface area contributed by atoms with Crippen LogP contribution in [0.25, 0.3) is 10.9 Å². The van der Waals surface area contributed by atoms with E-state index in [1.165, 1.54) is 29.4 Å². The highest BCUT2D eigenvalue weighted by atomic mass is 16.4. The number of carboxylic acids is 1. The van der Waals surface area contributed by atoms with Crippen molar-refractivity contribution < 1.29 is 38.7 Å². The molecule has 0 aliphatic carbocycles. The number of carboxylic acid groups (broad SMARTS) is 1. The SMILES string of the molecule is CC(C)C[C@H](NC(=O)[C@@H](NC(=O)[C@H](Cc1c[nH]c2ccccc12)NC(=O)[C@@H]1CCCN1C(=O)[C@H](CCCN=C(N)N)NC(=O)[C@H](CCCCN(C)C)NC(=O)c1ccncc1)C(C)(C)C)C(=O)O. The number of hydrogen-bond acceptors (Lipinski definition) is 10. The molecule has 0 spiro atoms. The lowest BCUT2D eigenvalue weighted by atomic mass is 9.85. The minimum Gasteiger partial charge on any atom is -0.480 e. The molecule has 3 heterocycles. The maximum atomic E-state index is 14.7. The molecule has 4 rings (SSSR count). The van der Waals surface area contributed by atoms with Crippen molar-refractivity contribution in [1.29, 1.82) is 0 Å². The maximum Gasteiger partial charge on any atom is 0.326 e. The normalized spacial score (nSPS) is 16.0. The van der Waals surface area contributed by atoms with Crippen LogP contribution in [0.1, 0.15) is 102 Å². The summed E-state index contributed by atoms with van der Waals surface area (Å²) in [5, 5.41) is 24.7. The van der Waals surface area contributed by atoms with Crippen LogP contribution in [-0.2, 0) is 35.2 Å². The summed E-state index contributed by atoms with van der Waals surface area (Å²) in [6, 6.07) is 3.68. The van der Waals surface area contributed by atoms with Gasteiger partial charge in [-0.15, -0.1) is 0 Å². The molecule has 0 radical (unpaired) electrons. The van der Waals surface area contributed by atoms with E-state index in [9.17, 15) is 38.7 Å². The van der Waals surface area contributed by atoms with Gasteiger partial charge in [0.1, 0.15) is 36.3 Å². The number of aliphatic carboxylic acids is 1. The number of unbranched alkanes of at least 4 members (excludes halogenated alkanes) is 1. The molecular weight excluding hydrogens is 873 g/mol. The summed E-state index contributed by atoms with van der Waals surface area (Å²) in [6.45, 7) is 9.98. The lowest BCUT2D eigenvalue weighted by Gasteiger charge is -2.33. The Labute approximate surface area is 398 Å². The van der Waals surface area contributed by atoms with Crippen molar-refractivity contribution in [2.24, 2.45) is 27.8 Å². The molecule has 20 heteroatoms. The number of para-hydroxylation sites is 1. The lowest BCUT2D eigenvalue weighted by molar-refractivity contribution is -0.143. The molecule has 6 amide bonds. The molecule has 20 nitrogen and oxygen atoms in total. The van der Waals surface area contributed by atoms with Gasteiger partial charge in [-0.25, -0.2) is 4.79 Å². The first-order valence-corrected chi connectivity index (χ1v) is 23.4. The zero-order valence-corrected chi connectivity index (χ0v) is 40.5. The average Bonchev–Trinajstić information content (AvgIpc) is 3.94. The monoisotopic (exact) mass is 945 g/mol. The maximum absolute atomic E-state index is 14.7. The number of H-pyrrole nitrogens is 1. The van der Waals surface area contributed by atoms with Crippen LogP contribution in [0.3, 0.4) is 0 Å². The zero-order chi connectivity index (χ0) is 50.1. The highest BCUT2D eigenvalue weighted by Crippen LogP contribution is 2.24. The lowest BCUT2D eigenvalue weighted by Crippen LogP contribution is -2.61. The van der Waals surface area contributed by atoms with Crippen molar-refractivity contribution in [1.82, 2.24) is 46.4 Å². The molecule has 0 unspecified atom stereocenters. The Bertz CT molecular complexity index is 2220. The van der Waals surface area contributed by atoms with E-state index in [2.05, 4.69) is 41.5 Å². The number of nitrogens with two attached hydrogens (primary N) is 2. The van der Waals surface area contributed by atoms with Crippen LogP contribution in [0.5, 0.6) is 0 Å². The number of amides is 6. The second kappa shape index (κ2) is 25.5. The van der Waals surface area contributed by atoms with E-state index >= 15 is 0 Å². The number of carbonyl (C=O) groups excluding carboxylic acids is 6. The number of pyridine rings is 1. The number of guanidine groups is 1. The molecule has 1 aliphatic heterocycles. The van der Waals surface area contributed by atoms with Gasteiger partial charge in [-0.05, 0) is 107 Å². The molecule has 0 saturated carbocycles. The first-order chi connectivity index (χ1) is 32.2. The summed E-state index contributed by atoms with van der Waals surface area (Å²) in [5.41, 5.74) is 12.1. The molecular formula is C48H72N12O8. The zero-order valence-electron chi connectivity index (χ0n) is 40.5. The molecule has 0 bridgehead atoms. The van der Waals surface area contributed by atoms with Crippen LogP contribution in [0.15, 0.2) is 60.0 Å². The van der Waals surface area contributed by atoms with Crippen molar-refractivity contribution in [2.75, 3.05) is 33.7 Å². The van der Waals surface area contributed by atoms with Crippen LogP contribution >= 0.6 is 0 Å². The fraction of sp³-hybridized carbons (Fsp3) is 0.562. The predicted molar refractivity (Wildman–Crippen MR) is 259 cm³/mol. The van der Waals surface area contributed by atoms with Gasteiger partial charge in [0.05, 0.1) is 0 Å². The first kappa shape index (κ1) is 54.0. The van der Waals surface area contributed by atoms with Gasteiger partial charge in [0.2, 0.25) is 29.5 Å². The summed E-state index contributed by atoms with van der Waals surface area (Å²) in [4.78, 5) is 112. The summed E-state index contributed by atoms with van der Waals surface area (Å²) in [5.74, 6) is -4.99. The Morgan fingerprint density at radius 2 is 1.51 bits per heavy atom. The second-order valence-electron chi connectivity index (χ2n) is 19.2. The number of likely N-dealkylation sites (tertiary alicyclic amines) is 1. The fourth-order valence-electron chi connectivity index (χ4n) is 8.19. The van der Waals surface area contributed by atoms with Crippen molar-refractivity contribution in [3.05, 3.63) is 66.1 Å². The van der Waals surface area contributed by atoms with Crippen molar-refractivity contribution in [2.45, 2.75) is 129 Å². The molecule has 11 N–H and O–H groups in total. The summed E-state index contributed by atoms with van der Waals surface area (Å²) in [6.07, 6.45) is 7.57. The molecule has 1 aliphatic rings. The highest BCUT2D eigenvalue weighted by Gasteiger charge is 2.41. The topological polar surface area (TPSA) is 299 Å². The molecule has 68 heavy (non-hydrogen) atoms. The third kappa shape index (κ3) is 16.3.